The van der Waals surface area contributed by atoms with E-state index in [1.54, 1.807) is 0 Å². The lowest BCUT2D eigenvalue weighted by Gasteiger charge is -2.11. The second-order valence-corrected chi connectivity index (χ2v) is 4.02. The van der Waals surface area contributed by atoms with E-state index in [-0.39, 0.29) is 6.07 Å². The van der Waals surface area contributed by atoms with Gasteiger partial charge in [0.1, 0.15) is 11.6 Å². The summed E-state index contributed by atoms with van der Waals surface area (Å²) in [6.45, 7) is 1.11. The summed E-state index contributed by atoms with van der Waals surface area (Å²) < 4.78 is 37.4. The number of halogens is 3. The molecule has 0 aliphatic rings. The molecule has 1 aromatic carbocycles. The summed E-state index contributed by atoms with van der Waals surface area (Å²) in [5.41, 5.74) is -2.99. The van der Waals surface area contributed by atoms with Crippen LogP contribution in [0.5, 0.6) is 0 Å². The van der Waals surface area contributed by atoms with Gasteiger partial charge in [0.05, 0.1) is 10.5 Å². The fourth-order valence-electron chi connectivity index (χ4n) is 1.39. The van der Waals surface area contributed by atoms with Gasteiger partial charge in [-0.05, 0) is 19.1 Å². The highest BCUT2D eigenvalue weighted by Gasteiger charge is 2.34. The molecule has 0 aliphatic carbocycles. The number of aliphatic carboxylic acids is 1. The quantitative estimate of drug-likeness (QED) is 0.651. The standard InChI is InChI=1S/C11H9F3N2O5/c1-5(10(18)19)15-9(17)7-3-2-6(11(12,13)14)4-8(7)16(20)21/h2-5H,1H3,(H,15,17)(H,18,19)/t5-/m1/s1. The molecule has 0 saturated heterocycles. The molecule has 0 aromatic heterocycles. The average molecular weight is 306 g/mol. The van der Waals surface area contributed by atoms with Gasteiger partial charge in [-0.2, -0.15) is 13.2 Å². The Morgan fingerprint density at radius 1 is 1.38 bits per heavy atom. The second kappa shape index (κ2) is 5.77. The maximum absolute atomic E-state index is 12.5. The zero-order valence-corrected chi connectivity index (χ0v) is 10.5. The summed E-state index contributed by atoms with van der Waals surface area (Å²) in [6.07, 6.45) is -4.80. The van der Waals surface area contributed by atoms with E-state index >= 15 is 0 Å². The molecule has 0 unspecified atom stereocenters. The Bertz CT molecular complexity index is 600. The first kappa shape index (κ1) is 16.4. The second-order valence-electron chi connectivity index (χ2n) is 4.02. The maximum Gasteiger partial charge on any atom is 0.416 e. The number of nitro groups is 1. The van der Waals surface area contributed by atoms with E-state index in [1.807, 2.05) is 5.32 Å². The Balaban J connectivity index is 3.21. The minimum atomic E-state index is -4.80. The molecule has 1 rings (SSSR count). The molecule has 21 heavy (non-hydrogen) atoms. The molecular weight excluding hydrogens is 297 g/mol. The molecule has 1 amide bonds. The summed E-state index contributed by atoms with van der Waals surface area (Å²) in [6, 6.07) is 0.0119. The SMILES string of the molecule is C[C@@H](NC(=O)c1ccc(C(F)(F)F)cc1[N+](=O)[O-])C(=O)O. The van der Waals surface area contributed by atoms with Gasteiger partial charge in [0.2, 0.25) is 0 Å². The van der Waals surface area contributed by atoms with Crippen LogP contribution in [0.1, 0.15) is 22.8 Å². The van der Waals surface area contributed by atoms with Gasteiger partial charge in [0, 0.05) is 6.07 Å². The molecule has 0 saturated carbocycles. The molecule has 10 heteroatoms. The molecular formula is C11H9F3N2O5. The summed E-state index contributed by atoms with van der Waals surface area (Å²) in [5.74, 6) is -2.54. The van der Waals surface area contributed by atoms with Gasteiger partial charge in [-0.15, -0.1) is 0 Å². The Morgan fingerprint density at radius 3 is 2.38 bits per heavy atom. The van der Waals surface area contributed by atoms with Gasteiger partial charge in [0.25, 0.3) is 11.6 Å². The van der Waals surface area contributed by atoms with Crippen molar-refractivity contribution in [1.29, 1.82) is 0 Å². The van der Waals surface area contributed by atoms with Crippen molar-refractivity contribution < 1.29 is 32.8 Å². The topological polar surface area (TPSA) is 110 Å². The summed E-state index contributed by atoms with van der Waals surface area (Å²) in [7, 11) is 0. The molecule has 0 heterocycles. The molecule has 1 atom stereocenters. The predicted octanol–water partition coefficient (Wildman–Crippen LogP) is 1.82. The van der Waals surface area contributed by atoms with Crippen molar-refractivity contribution in [2.45, 2.75) is 19.1 Å². The molecule has 0 bridgehead atoms. The maximum atomic E-state index is 12.5. The first-order valence-corrected chi connectivity index (χ1v) is 5.43. The van der Waals surface area contributed by atoms with E-state index < -0.39 is 45.8 Å². The van der Waals surface area contributed by atoms with Crippen LogP contribution in [-0.2, 0) is 11.0 Å². The Morgan fingerprint density at radius 2 is 1.95 bits per heavy atom. The molecule has 0 aliphatic heterocycles. The van der Waals surface area contributed by atoms with Crippen LogP contribution in [0.2, 0.25) is 0 Å². The number of carbonyl (C=O) groups excluding carboxylic acids is 1. The van der Waals surface area contributed by atoms with Gasteiger partial charge >= 0.3 is 12.1 Å². The predicted molar refractivity (Wildman–Crippen MR) is 62.7 cm³/mol. The lowest BCUT2D eigenvalue weighted by molar-refractivity contribution is -0.385. The van der Waals surface area contributed by atoms with Crippen molar-refractivity contribution in [2.75, 3.05) is 0 Å². The van der Waals surface area contributed by atoms with Crippen LogP contribution in [0.4, 0.5) is 18.9 Å². The van der Waals surface area contributed by atoms with Gasteiger partial charge < -0.3 is 10.4 Å². The van der Waals surface area contributed by atoms with Crippen LogP contribution in [-0.4, -0.2) is 27.9 Å². The third-order valence-electron chi connectivity index (χ3n) is 2.48. The lowest BCUT2D eigenvalue weighted by Crippen LogP contribution is -2.38. The molecule has 7 nitrogen and oxygen atoms in total. The number of carbonyl (C=O) groups is 2. The monoisotopic (exact) mass is 306 g/mol. The third kappa shape index (κ3) is 3.91. The van der Waals surface area contributed by atoms with Crippen LogP contribution in [0.25, 0.3) is 0 Å². The van der Waals surface area contributed by atoms with Crippen molar-refractivity contribution in [3.63, 3.8) is 0 Å². The average Bonchev–Trinajstić information content (AvgIpc) is 2.36. The van der Waals surface area contributed by atoms with E-state index in [1.165, 1.54) is 0 Å². The number of alkyl halides is 3. The highest BCUT2D eigenvalue weighted by molar-refractivity contribution is 6.00. The number of carboxylic acids is 1. The first-order chi connectivity index (χ1) is 9.54. The molecule has 1 aromatic rings. The normalized spacial score (nSPS) is 12.6. The molecule has 0 fully saturated rings. The van der Waals surface area contributed by atoms with Crippen LogP contribution < -0.4 is 5.32 Å². The number of benzene rings is 1. The molecule has 0 radical (unpaired) electrons. The number of nitrogens with one attached hydrogen (secondary N) is 1. The number of carboxylic acid groups (broad SMARTS) is 1. The smallest absolute Gasteiger partial charge is 0.416 e. The fraction of sp³-hybridized carbons (Fsp3) is 0.273. The Labute approximate surface area is 115 Å². The van der Waals surface area contributed by atoms with Crippen molar-refractivity contribution >= 4 is 17.6 Å². The number of hydrogen-bond donors (Lipinski definition) is 2. The summed E-state index contributed by atoms with van der Waals surface area (Å²) >= 11 is 0. The van der Waals surface area contributed by atoms with Crippen molar-refractivity contribution in [3.8, 4) is 0 Å². The van der Waals surface area contributed by atoms with Crippen LogP contribution in [0.3, 0.4) is 0 Å². The van der Waals surface area contributed by atoms with Crippen LogP contribution >= 0.6 is 0 Å². The van der Waals surface area contributed by atoms with E-state index in [4.69, 9.17) is 5.11 Å². The fourth-order valence-corrected chi connectivity index (χ4v) is 1.39. The number of rotatable bonds is 4. The van der Waals surface area contributed by atoms with Gasteiger partial charge in [-0.25, -0.2) is 0 Å². The van der Waals surface area contributed by atoms with Crippen LogP contribution in [0, 0.1) is 10.1 Å². The summed E-state index contributed by atoms with van der Waals surface area (Å²) in [5, 5.41) is 21.3. The number of nitrogens with zero attached hydrogens (tertiary/aromatic N) is 1. The van der Waals surface area contributed by atoms with Crippen molar-refractivity contribution in [1.82, 2.24) is 5.32 Å². The van der Waals surface area contributed by atoms with Gasteiger partial charge in [-0.3, -0.25) is 19.7 Å². The largest absolute Gasteiger partial charge is 0.480 e. The van der Waals surface area contributed by atoms with E-state index in [2.05, 4.69) is 0 Å². The van der Waals surface area contributed by atoms with Crippen molar-refractivity contribution in [3.05, 3.63) is 39.4 Å². The zero-order chi connectivity index (χ0) is 16.4. The van der Waals surface area contributed by atoms with Gasteiger partial charge in [0.15, 0.2) is 0 Å². The lowest BCUT2D eigenvalue weighted by atomic mass is 10.1. The van der Waals surface area contributed by atoms with E-state index in [0.29, 0.717) is 12.1 Å². The minimum absolute atomic E-state index is 0.223. The first-order valence-electron chi connectivity index (χ1n) is 5.43. The number of amides is 1. The minimum Gasteiger partial charge on any atom is -0.480 e. The Kier molecular flexibility index (Phi) is 4.51. The van der Waals surface area contributed by atoms with Gasteiger partial charge in [-0.1, -0.05) is 0 Å². The van der Waals surface area contributed by atoms with Crippen LogP contribution in [0.15, 0.2) is 18.2 Å². The zero-order valence-electron chi connectivity index (χ0n) is 10.5. The van der Waals surface area contributed by atoms with E-state index in [0.717, 1.165) is 6.92 Å². The molecule has 2 N–H and O–H groups in total. The molecule has 0 spiro atoms. The highest BCUT2D eigenvalue weighted by Crippen LogP contribution is 2.32. The number of hydrogen-bond acceptors (Lipinski definition) is 4. The highest BCUT2D eigenvalue weighted by atomic mass is 19.4. The molecule has 114 valence electrons. The van der Waals surface area contributed by atoms with Crippen molar-refractivity contribution in [2.24, 2.45) is 0 Å². The Hall–Kier alpha value is -2.65. The summed E-state index contributed by atoms with van der Waals surface area (Å²) in [4.78, 5) is 31.9. The third-order valence-corrected chi connectivity index (χ3v) is 2.48. The van der Waals surface area contributed by atoms with E-state index in [9.17, 15) is 32.9 Å². The number of nitro benzene ring substituents is 1.